The standard InChI is InChI=1S/C15H18ClN3O2/c16-12-3-1-11(2-4-12)13(20)18-7-9-19(10-8-18)14(21)15(17)5-6-15/h1-4H,5-10,17H2. The molecule has 0 aromatic heterocycles. The van der Waals surface area contributed by atoms with Crippen LogP contribution in [0.2, 0.25) is 5.02 Å². The van der Waals surface area contributed by atoms with Crippen molar-refractivity contribution in [3.8, 4) is 0 Å². The number of carbonyl (C=O) groups is 2. The summed E-state index contributed by atoms with van der Waals surface area (Å²) >= 11 is 5.82. The van der Waals surface area contributed by atoms with Crippen molar-refractivity contribution in [1.82, 2.24) is 9.80 Å². The summed E-state index contributed by atoms with van der Waals surface area (Å²) in [6.45, 7) is 2.20. The zero-order chi connectivity index (χ0) is 15.0. The van der Waals surface area contributed by atoms with Crippen molar-refractivity contribution in [1.29, 1.82) is 0 Å². The average Bonchev–Trinajstić information content (AvgIpc) is 3.26. The van der Waals surface area contributed by atoms with Gasteiger partial charge in [-0.05, 0) is 37.1 Å². The summed E-state index contributed by atoms with van der Waals surface area (Å²) in [5.74, 6) is 0.00809. The Morgan fingerprint density at radius 3 is 2.05 bits per heavy atom. The molecule has 0 unspecified atom stereocenters. The highest BCUT2D eigenvalue weighted by molar-refractivity contribution is 6.30. The van der Waals surface area contributed by atoms with Crippen molar-refractivity contribution in [2.45, 2.75) is 18.4 Å². The van der Waals surface area contributed by atoms with Gasteiger partial charge < -0.3 is 15.5 Å². The first-order valence-corrected chi connectivity index (χ1v) is 7.50. The molecular formula is C15H18ClN3O2. The molecule has 5 nitrogen and oxygen atoms in total. The van der Waals surface area contributed by atoms with Gasteiger partial charge in [-0.15, -0.1) is 0 Å². The Morgan fingerprint density at radius 1 is 1.00 bits per heavy atom. The average molecular weight is 308 g/mol. The van der Waals surface area contributed by atoms with Crippen LogP contribution in [0, 0.1) is 0 Å². The van der Waals surface area contributed by atoms with Crippen LogP contribution in [0.5, 0.6) is 0 Å². The topological polar surface area (TPSA) is 66.6 Å². The molecule has 6 heteroatoms. The largest absolute Gasteiger partial charge is 0.338 e. The Kier molecular flexibility index (Phi) is 3.63. The van der Waals surface area contributed by atoms with E-state index >= 15 is 0 Å². The van der Waals surface area contributed by atoms with Gasteiger partial charge in [-0.3, -0.25) is 9.59 Å². The molecule has 1 aliphatic carbocycles. The molecule has 1 aromatic carbocycles. The monoisotopic (exact) mass is 307 g/mol. The fraction of sp³-hybridized carbons (Fsp3) is 0.467. The normalized spacial score (nSPS) is 20.3. The number of benzene rings is 1. The van der Waals surface area contributed by atoms with E-state index in [1.54, 1.807) is 34.1 Å². The summed E-state index contributed by atoms with van der Waals surface area (Å²) in [5.41, 5.74) is 5.94. The van der Waals surface area contributed by atoms with Crippen molar-refractivity contribution < 1.29 is 9.59 Å². The van der Waals surface area contributed by atoms with E-state index in [-0.39, 0.29) is 11.8 Å². The molecule has 112 valence electrons. The minimum atomic E-state index is -0.623. The second kappa shape index (κ2) is 5.31. The van der Waals surface area contributed by atoms with E-state index in [0.717, 1.165) is 12.8 Å². The molecule has 0 radical (unpaired) electrons. The minimum absolute atomic E-state index is 0.0207. The molecular weight excluding hydrogens is 290 g/mol. The van der Waals surface area contributed by atoms with E-state index in [9.17, 15) is 9.59 Å². The first-order chi connectivity index (χ1) is 9.99. The number of hydrogen-bond acceptors (Lipinski definition) is 3. The molecule has 1 saturated heterocycles. The van der Waals surface area contributed by atoms with Gasteiger partial charge in [-0.25, -0.2) is 0 Å². The lowest BCUT2D eigenvalue weighted by Gasteiger charge is -2.36. The maximum absolute atomic E-state index is 12.4. The first kappa shape index (κ1) is 14.4. The lowest BCUT2D eigenvalue weighted by Crippen LogP contribution is -2.55. The SMILES string of the molecule is NC1(C(=O)N2CCN(C(=O)c3ccc(Cl)cc3)CC2)CC1. The van der Waals surface area contributed by atoms with Crippen LogP contribution in [-0.4, -0.2) is 53.3 Å². The summed E-state index contributed by atoms with van der Waals surface area (Å²) in [4.78, 5) is 28.0. The zero-order valence-corrected chi connectivity index (χ0v) is 12.5. The summed E-state index contributed by atoms with van der Waals surface area (Å²) in [5, 5.41) is 0.611. The van der Waals surface area contributed by atoms with Crippen molar-refractivity contribution in [3.63, 3.8) is 0 Å². The maximum Gasteiger partial charge on any atom is 0.253 e. The van der Waals surface area contributed by atoms with Crippen LogP contribution < -0.4 is 5.73 Å². The number of halogens is 1. The van der Waals surface area contributed by atoms with Gasteiger partial charge in [-0.1, -0.05) is 11.6 Å². The molecule has 2 amide bonds. The summed E-state index contributed by atoms with van der Waals surface area (Å²) < 4.78 is 0. The van der Waals surface area contributed by atoms with Gasteiger partial charge in [-0.2, -0.15) is 0 Å². The molecule has 2 fully saturated rings. The predicted molar refractivity (Wildman–Crippen MR) is 80.1 cm³/mol. The van der Waals surface area contributed by atoms with E-state index in [4.69, 9.17) is 17.3 Å². The fourth-order valence-corrected chi connectivity index (χ4v) is 2.68. The van der Waals surface area contributed by atoms with Gasteiger partial charge in [0.2, 0.25) is 5.91 Å². The quantitative estimate of drug-likeness (QED) is 0.890. The maximum atomic E-state index is 12.4. The molecule has 0 atom stereocenters. The highest BCUT2D eigenvalue weighted by Gasteiger charge is 2.48. The number of hydrogen-bond donors (Lipinski definition) is 1. The van der Waals surface area contributed by atoms with Crippen molar-refractivity contribution in [2.75, 3.05) is 26.2 Å². The molecule has 1 aromatic rings. The van der Waals surface area contributed by atoms with Crippen molar-refractivity contribution >= 4 is 23.4 Å². The molecule has 0 spiro atoms. The third-order valence-corrected chi connectivity index (χ3v) is 4.41. The summed E-state index contributed by atoms with van der Waals surface area (Å²) in [7, 11) is 0. The molecule has 1 saturated carbocycles. The Balaban J connectivity index is 1.59. The van der Waals surface area contributed by atoms with Crippen LogP contribution in [0.4, 0.5) is 0 Å². The lowest BCUT2D eigenvalue weighted by molar-refractivity contribution is -0.135. The Bertz CT molecular complexity index is 561. The van der Waals surface area contributed by atoms with E-state index in [0.29, 0.717) is 36.8 Å². The lowest BCUT2D eigenvalue weighted by atomic mass is 10.1. The Hall–Kier alpha value is -1.59. The highest BCUT2D eigenvalue weighted by atomic mass is 35.5. The fourth-order valence-electron chi connectivity index (χ4n) is 2.55. The van der Waals surface area contributed by atoms with Crippen LogP contribution in [0.15, 0.2) is 24.3 Å². The van der Waals surface area contributed by atoms with Crippen LogP contribution >= 0.6 is 11.6 Å². The number of carbonyl (C=O) groups excluding carboxylic acids is 2. The van der Waals surface area contributed by atoms with E-state index in [1.807, 2.05) is 0 Å². The first-order valence-electron chi connectivity index (χ1n) is 7.13. The molecule has 2 aliphatic rings. The molecule has 2 N–H and O–H groups in total. The molecule has 21 heavy (non-hydrogen) atoms. The third kappa shape index (κ3) is 2.89. The van der Waals surface area contributed by atoms with Gasteiger partial charge >= 0.3 is 0 Å². The van der Waals surface area contributed by atoms with Gasteiger partial charge in [0.05, 0.1) is 5.54 Å². The minimum Gasteiger partial charge on any atom is -0.338 e. The van der Waals surface area contributed by atoms with E-state index in [2.05, 4.69) is 0 Å². The van der Waals surface area contributed by atoms with Gasteiger partial charge in [0.1, 0.15) is 0 Å². The number of nitrogens with zero attached hydrogens (tertiary/aromatic N) is 2. The molecule has 0 bridgehead atoms. The van der Waals surface area contributed by atoms with Gasteiger partial charge in [0.15, 0.2) is 0 Å². The number of piperazine rings is 1. The number of rotatable bonds is 2. The van der Waals surface area contributed by atoms with E-state index < -0.39 is 5.54 Å². The van der Waals surface area contributed by atoms with Gasteiger partial charge in [0.25, 0.3) is 5.91 Å². The van der Waals surface area contributed by atoms with Crippen LogP contribution in [-0.2, 0) is 4.79 Å². The number of amides is 2. The Morgan fingerprint density at radius 2 is 1.52 bits per heavy atom. The predicted octanol–water partition coefficient (Wildman–Crippen LogP) is 1.12. The molecule has 3 rings (SSSR count). The highest BCUT2D eigenvalue weighted by Crippen LogP contribution is 2.34. The van der Waals surface area contributed by atoms with Crippen molar-refractivity contribution in [3.05, 3.63) is 34.9 Å². The van der Waals surface area contributed by atoms with E-state index in [1.165, 1.54) is 0 Å². The van der Waals surface area contributed by atoms with Crippen LogP contribution in [0.25, 0.3) is 0 Å². The zero-order valence-electron chi connectivity index (χ0n) is 11.7. The number of nitrogens with two attached hydrogens (primary N) is 1. The second-order valence-corrected chi connectivity index (χ2v) is 6.18. The Labute approximate surface area is 128 Å². The van der Waals surface area contributed by atoms with Crippen molar-refractivity contribution in [2.24, 2.45) is 5.73 Å². The third-order valence-electron chi connectivity index (χ3n) is 4.16. The summed E-state index contributed by atoms with van der Waals surface area (Å²) in [6, 6.07) is 6.86. The summed E-state index contributed by atoms with van der Waals surface area (Å²) in [6.07, 6.45) is 1.55. The van der Waals surface area contributed by atoms with Gasteiger partial charge in [0, 0.05) is 36.8 Å². The van der Waals surface area contributed by atoms with Crippen LogP contribution in [0.3, 0.4) is 0 Å². The second-order valence-electron chi connectivity index (χ2n) is 5.75. The smallest absolute Gasteiger partial charge is 0.253 e. The molecule has 1 heterocycles. The van der Waals surface area contributed by atoms with Crippen LogP contribution in [0.1, 0.15) is 23.2 Å². The molecule has 1 aliphatic heterocycles.